The minimum atomic E-state index is 0.0378. The van der Waals surface area contributed by atoms with E-state index in [2.05, 4.69) is 5.32 Å². The van der Waals surface area contributed by atoms with Gasteiger partial charge in [-0.2, -0.15) is 0 Å². The van der Waals surface area contributed by atoms with Gasteiger partial charge in [-0.15, -0.1) is 0 Å². The molecular formula is C16H24N2O2. The van der Waals surface area contributed by atoms with Gasteiger partial charge in [-0.1, -0.05) is 12.5 Å². The summed E-state index contributed by atoms with van der Waals surface area (Å²) >= 11 is 0. The molecule has 3 N–H and O–H groups in total. The minimum absolute atomic E-state index is 0.0378. The zero-order valence-corrected chi connectivity index (χ0v) is 12.3. The molecule has 1 aliphatic rings. The number of benzene rings is 1. The van der Waals surface area contributed by atoms with Crippen LogP contribution in [0, 0.1) is 18.8 Å². The first-order chi connectivity index (χ1) is 9.65. The Labute approximate surface area is 120 Å². The summed E-state index contributed by atoms with van der Waals surface area (Å²) < 4.78 is 5.60. The molecule has 2 atom stereocenters. The van der Waals surface area contributed by atoms with E-state index in [1.165, 1.54) is 0 Å². The molecule has 0 spiro atoms. The van der Waals surface area contributed by atoms with Crippen LogP contribution in [-0.4, -0.2) is 19.1 Å². The molecule has 4 nitrogen and oxygen atoms in total. The van der Waals surface area contributed by atoms with E-state index in [9.17, 15) is 4.79 Å². The molecule has 1 saturated carbocycles. The maximum atomic E-state index is 12.4. The Hall–Kier alpha value is -1.55. The number of ether oxygens (including phenoxy) is 1. The normalized spacial score (nSPS) is 21.8. The van der Waals surface area contributed by atoms with Crippen molar-refractivity contribution >= 4 is 11.6 Å². The lowest BCUT2D eigenvalue weighted by atomic mass is 9.95. The minimum Gasteiger partial charge on any atom is -0.492 e. The summed E-state index contributed by atoms with van der Waals surface area (Å²) in [7, 11) is 0. The summed E-state index contributed by atoms with van der Waals surface area (Å²) in [5, 5.41) is 3.01. The van der Waals surface area contributed by atoms with Crippen LogP contribution in [0.3, 0.4) is 0 Å². The maximum absolute atomic E-state index is 12.4. The van der Waals surface area contributed by atoms with Gasteiger partial charge in [0.15, 0.2) is 0 Å². The summed E-state index contributed by atoms with van der Waals surface area (Å²) in [6, 6.07) is 5.84. The summed E-state index contributed by atoms with van der Waals surface area (Å²) in [5.74, 6) is 1.16. The number of hydrogen-bond donors (Lipinski definition) is 2. The van der Waals surface area contributed by atoms with Crippen molar-refractivity contribution in [2.45, 2.75) is 33.1 Å². The highest BCUT2D eigenvalue weighted by atomic mass is 16.5. The van der Waals surface area contributed by atoms with Gasteiger partial charge in [0.1, 0.15) is 5.75 Å². The largest absolute Gasteiger partial charge is 0.492 e. The van der Waals surface area contributed by atoms with Crippen LogP contribution in [0.4, 0.5) is 5.69 Å². The van der Waals surface area contributed by atoms with Crippen molar-refractivity contribution in [3.05, 3.63) is 23.8 Å². The van der Waals surface area contributed by atoms with Gasteiger partial charge < -0.3 is 15.8 Å². The molecule has 1 aliphatic carbocycles. The number of carbonyl (C=O) groups is 1. The van der Waals surface area contributed by atoms with Crippen molar-refractivity contribution < 1.29 is 9.53 Å². The molecule has 0 radical (unpaired) electrons. The fourth-order valence-electron chi connectivity index (χ4n) is 2.90. The zero-order chi connectivity index (χ0) is 14.5. The van der Waals surface area contributed by atoms with Gasteiger partial charge in [0, 0.05) is 5.92 Å². The molecule has 2 unspecified atom stereocenters. The topological polar surface area (TPSA) is 64.3 Å². The Bertz CT molecular complexity index is 474. The molecule has 110 valence electrons. The third-order valence-electron chi connectivity index (χ3n) is 3.99. The van der Waals surface area contributed by atoms with E-state index in [0.717, 1.165) is 36.3 Å². The summed E-state index contributed by atoms with van der Waals surface area (Å²) in [4.78, 5) is 12.4. The lowest BCUT2D eigenvalue weighted by Crippen LogP contribution is -2.29. The highest BCUT2D eigenvalue weighted by molar-refractivity contribution is 5.94. The number of nitrogens with two attached hydrogens (primary N) is 1. The van der Waals surface area contributed by atoms with E-state index in [0.29, 0.717) is 19.1 Å². The van der Waals surface area contributed by atoms with Gasteiger partial charge in [-0.05, 0) is 56.8 Å². The lowest BCUT2D eigenvalue weighted by Gasteiger charge is -2.19. The summed E-state index contributed by atoms with van der Waals surface area (Å²) in [6.45, 7) is 5.12. The Morgan fingerprint density at radius 3 is 2.95 bits per heavy atom. The van der Waals surface area contributed by atoms with Crippen molar-refractivity contribution in [3.8, 4) is 5.75 Å². The Kier molecular flexibility index (Phi) is 5.01. The molecule has 1 aromatic rings. The average Bonchev–Trinajstić information content (AvgIpc) is 2.90. The molecule has 1 aromatic carbocycles. The van der Waals surface area contributed by atoms with Crippen LogP contribution in [-0.2, 0) is 4.79 Å². The number of rotatable bonds is 5. The van der Waals surface area contributed by atoms with Crippen LogP contribution in [0.15, 0.2) is 18.2 Å². The van der Waals surface area contributed by atoms with Crippen LogP contribution in [0.2, 0.25) is 0 Å². The highest BCUT2D eigenvalue weighted by Crippen LogP contribution is 2.33. The maximum Gasteiger partial charge on any atom is 0.227 e. The average molecular weight is 276 g/mol. The molecule has 0 bridgehead atoms. The first kappa shape index (κ1) is 14.9. The number of amides is 1. The van der Waals surface area contributed by atoms with E-state index in [1.807, 2.05) is 32.0 Å². The number of hydrogen-bond acceptors (Lipinski definition) is 3. The lowest BCUT2D eigenvalue weighted by molar-refractivity contribution is -0.120. The molecule has 20 heavy (non-hydrogen) atoms. The Morgan fingerprint density at radius 1 is 1.45 bits per heavy atom. The van der Waals surface area contributed by atoms with Gasteiger partial charge in [0.05, 0.1) is 12.3 Å². The van der Waals surface area contributed by atoms with Crippen LogP contribution in [0.1, 0.15) is 31.7 Å². The third-order valence-corrected chi connectivity index (χ3v) is 3.99. The first-order valence-electron chi connectivity index (χ1n) is 7.40. The Morgan fingerprint density at radius 2 is 2.25 bits per heavy atom. The van der Waals surface area contributed by atoms with Gasteiger partial charge >= 0.3 is 0 Å². The SMILES string of the molecule is CCOc1cc(C)ccc1NC(=O)C1CCCC1CN. The van der Waals surface area contributed by atoms with Gasteiger partial charge in [-0.25, -0.2) is 0 Å². The quantitative estimate of drug-likeness (QED) is 0.869. The first-order valence-corrected chi connectivity index (χ1v) is 7.40. The molecule has 1 fully saturated rings. The molecule has 4 heteroatoms. The fraction of sp³-hybridized carbons (Fsp3) is 0.562. The van der Waals surface area contributed by atoms with Crippen LogP contribution in [0.5, 0.6) is 5.75 Å². The van der Waals surface area contributed by atoms with Crippen molar-refractivity contribution in [2.24, 2.45) is 17.6 Å². The van der Waals surface area contributed by atoms with E-state index >= 15 is 0 Å². The number of carbonyl (C=O) groups excluding carboxylic acids is 1. The highest BCUT2D eigenvalue weighted by Gasteiger charge is 2.32. The van der Waals surface area contributed by atoms with Crippen molar-refractivity contribution in [3.63, 3.8) is 0 Å². The second-order valence-corrected chi connectivity index (χ2v) is 5.46. The number of nitrogens with one attached hydrogen (secondary N) is 1. The van der Waals surface area contributed by atoms with Crippen LogP contribution < -0.4 is 15.8 Å². The summed E-state index contributed by atoms with van der Waals surface area (Å²) in [5.41, 5.74) is 7.62. The summed E-state index contributed by atoms with van der Waals surface area (Å²) in [6.07, 6.45) is 3.08. The van der Waals surface area contributed by atoms with Gasteiger partial charge in [0.2, 0.25) is 5.91 Å². The van der Waals surface area contributed by atoms with Crippen molar-refractivity contribution in [2.75, 3.05) is 18.5 Å². The molecule has 1 amide bonds. The van der Waals surface area contributed by atoms with Crippen LogP contribution in [0.25, 0.3) is 0 Å². The van der Waals surface area contributed by atoms with Crippen molar-refractivity contribution in [1.82, 2.24) is 0 Å². The Balaban J connectivity index is 2.11. The van der Waals surface area contributed by atoms with E-state index in [4.69, 9.17) is 10.5 Å². The number of aryl methyl sites for hydroxylation is 1. The standard InChI is InChI=1S/C16H24N2O2/c1-3-20-15-9-11(2)7-8-14(15)18-16(19)13-6-4-5-12(13)10-17/h7-9,12-13H,3-6,10,17H2,1-2H3,(H,18,19). The molecule has 0 aliphatic heterocycles. The monoisotopic (exact) mass is 276 g/mol. The van der Waals surface area contributed by atoms with Gasteiger partial charge in [-0.3, -0.25) is 4.79 Å². The van der Waals surface area contributed by atoms with E-state index in [1.54, 1.807) is 0 Å². The van der Waals surface area contributed by atoms with Crippen molar-refractivity contribution in [1.29, 1.82) is 0 Å². The molecule has 0 heterocycles. The molecule has 0 aromatic heterocycles. The van der Waals surface area contributed by atoms with E-state index in [-0.39, 0.29) is 11.8 Å². The smallest absolute Gasteiger partial charge is 0.227 e. The molecular weight excluding hydrogens is 252 g/mol. The third kappa shape index (κ3) is 3.31. The molecule has 0 saturated heterocycles. The number of anilines is 1. The van der Waals surface area contributed by atoms with Gasteiger partial charge in [0.25, 0.3) is 0 Å². The fourth-order valence-corrected chi connectivity index (χ4v) is 2.90. The predicted octanol–water partition coefficient (Wildman–Crippen LogP) is 2.71. The van der Waals surface area contributed by atoms with E-state index < -0.39 is 0 Å². The second-order valence-electron chi connectivity index (χ2n) is 5.46. The zero-order valence-electron chi connectivity index (χ0n) is 12.3. The second kappa shape index (κ2) is 6.75. The predicted molar refractivity (Wildman–Crippen MR) is 80.9 cm³/mol. The van der Waals surface area contributed by atoms with Crippen LogP contribution >= 0.6 is 0 Å². The molecule has 2 rings (SSSR count).